The van der Waals surface area contributed by atoms with Crippen molar-refractivity contribution in [2.75, 3.05) is 18.5 Å². The predicted molar refractivity (Wildman–Crippen MR) is 83.0 cm³/mol. The van der Waals surface area contributed by atoms with E-state index >= 15 is 0 Å². The van der Waals surface area contributed by atoms with Crippen LogP contribution in [0.25, 0.3) is 0 Å². The van der Waals surface area contributed by atoms with E-state index in [0.29, 0.717) is 10.6 Å². The van der Waals surface area contributed by atoms with Crippen molar-refractivity contribution >= 4 is 23.1 Å². The van der Waals surface area contributed by atoms with Crippen LogP contribution in [0.15, 0.2) is 52.5 Å². The second kappa shape index (κ2) is 7.74. The number of nitro benzene ring substituents is 1. The maximum absolute atomic E-state index is 11.0. The van der Waals surface area contributed by atoms with Crippen LogP contribution in [-0.2, 0) is 0 Å². The zero-order valence-electron chi connectivity index (χ0n) is 11.5. The Morgan fingerprint density at radius 1 is 1.36 bits per heavy atom. The van der Waals surface area contributed by atoms with Gasteiger partial charge >= 0.3 is 0 Å². The van der Waals surface area contributed by atoms with Gasteiger partial charge in [-0.05, 0) is 18.2 Å². The number of pyridine rings is 1. The highest BCUT2D eigenvalue weighted by Gasteiger charge is 2.12. The van der Waals surface area contributed by atoms with Crippen LogP contribution in [0.1, 0.15) is 0 Å². The van der Waals surface area contributed by atoms with E-state index in [1.54, 1.807) is 18.3 Å². The van der Waals surface area contributed by atoms with Gasteiger partial charge in [0.15, 0.2) is 0 Å². The Morgan fingerprint density at radius 2 is 2.18 bits per heavy atom. The Morgan fingerprint density at radius 3 is 2.82 bits per heavy atom. The fourth-order valence-corrected chi connectivity index (χ4v) is 2.55. The van der Waals surface area contributed by atoms with Crippen molar-refractivity contribution in [3.8, 4) is 0 Å². The van der Waals surface area contributed by atoms with Crippen LogP contribution in [0.5, 0.6) is 0 Å². The predicted octanol–water partition coefficient (Wildman–Crippen LogP) is 1.91. The van der Waals surface area contributed by atoms with Crippen LogP contribution in [0, 0.1) is 10.1 Å². The molecule has 7 nitrogen and oxygen atoms in total. The molecule has 1 aromatic heterocycles. The van der Waals surface area contributed by atoms with Gasteiger partial charge in [-0.1, -0.05) is 17.8 Å². The Hall–Kier alpha value is -2.16. The maximum atomic E-state index is 11.0. The number of benzene rings is 1. The van der Waals surface area contributed by atoms with E-state index in [1.807, 2.05) is 12.1 Å². The molecule has 0 spiro atoms. The number of rotatable bonds is 7. The molecular formula is C14H15N3O4S. The lowest BCUT2D eigenvalue weighted by atomic mass is 10.2. The topological polar surface area (TPSA) is 109 Å². The number of hydrogen-bond donors (Lipinski definition) is 3. The van der Waals surface area contributed by atoms with Gasteiger partial charge in [0, 0.05) is 35.5 Å². The van der Waals surface area contributed by atoms with Gasteiger partial charge in [-0.25, -0.2) is 4.98 Å². The first-order valence-corrected chi connectivity index (χ1v) is 7.31. The SMILES string of the molecule is O=[N+]([O-])c1cc(NCC(O)CO)cc(Sc2ccccn2)c1. The Bertz CT molecular complexity index is 639. The first kappa shape index (κ1) is 16.2. The first-order valence-electron chi connectivity index (χ1n) is 6.49. The summed E-state index contributed by atoms with van der Waals surface area (Å²) in [6.07, 6.45) is 0.724. The van der Waals surface area contributed by atoms with Crippen molar-refractivity contribution in [2.45, 2.75) is 16.0 Å². The summed E-state index contributed by atoms with van der Waals surface area (Å²) in [6, 6.07) is 10.0. The summed E-state index contributed by atoms with van der Waals surface area (Å²) >= 11 is 1.31. The summed E-state index contributed by atoms with van der Waals surface area (Å²) in [4.78, 5) is 15.4. The third kappa shape index (κ3) is 4.69. The monoisotopic (exact) mass is 321 g/mol. The maximum Gasteiger partial charge on any atom is 0.272 e. The lowest BCUT2D eigenvalue weighted by molar-refractivity contribution is -0.385. The lowest BCUT2D eigenvalue weighted by Crippen LogP contribution is -2.22. The molecule has 0 aliphatic heterocycles. The number of aliphatic hydroxyl groups excluding tert-OH is 2. The van der Waals surface area contributed by atoms with Crippen molar-refractivity contribution in [3.05, 3.63) is 52.7 Å². The average molecular weight is 321 g/mol. The van der Waals surface area contributed by atoms with E-state index in [-0.39, 0.29) is 18.8 Å². The van der Waals surface area contributed by atoms with Crippen molar-refractivity contribution in [3.63, 3.8) is 0 Å². The Kier molecular flexibility index (Phi) is 5.70. The second-order valence-corrected chi connectivity index (χ2v) is 5.55. The van der Waals surface area contributed by atoms with Gasteiger partial charge < -0.3 is 15.5 Å². The molecule has 0 amide bonds. The Labute approximate surface area is 131 Å². The van der Waals surface area contributed by atoms with E-state index in [0.717, 1.165) is 5.03 Å². The molecular weight excluding hydrogens is 306 g/mol. The van der Waals surface area contributed by atoms with E-state index in [1.165, 1.54) is 23.9 Å². The van der Waals surface area contributed by atoms with Crippen LogP contribution in [0.2, 0.25) is 0 Å². The molecule has 1 heterocycles. The molecule has 2 rings (SSSR count). The number of nitrogens with zero attached hydrogens (tertiary/aromatic N) is 2. The summed E-state index contributed by atoms with van der Waals surface area (Å²) < 4.78 is 0. The summed E-state index contributed by atoms with van der Waals surface area (Å²) in [6.45, 7) is -0.275. The Balaban J connectivity index is 2.21. The van der Waals surface area contributed by atoms with Gasteiger partial charge in [0.25, 0.3) is 5.69 Å². The second-order valence-electron chi connectivity index (χ2n) is 4.46. The van der Waals surface area contributed by atoms with Crippen molar-refractivity contribution < 1.29 is 15.1 Å². The lowest BCUT2D eigenvalue weighted by Gasteiger charge is -2.11. The quantitative estimate of drug-likeness (QED) is 0.528. The molecule has 0 fully saturated rings. The number of non-ortho nitro benzene ring substituents is 1. The molecule has 0 saturated heterocycles. The number of nitrogens with one attached hydrogen (secondary N) is 1. The first-order chi connectivity index (χ1) is 10.6. The molecule has 116 valence electrons. The number of hydrogen-bond acceptors (Lipinski definition) is 7. The largest absolute Gasteiger partial charge is 0.394 e. The molecule has 8 heteroatoms. The molecule has 0 aliphatic carbocycles. The highest BCUT2D eigenvalue weighted by molar-refractivity contribution is 7.99. The third-order valence-corrected chi connectivity index (χ3v) is 3.64. The zero-order valence-corrected chi connectivity index (χ0v) is 12.4. The molecule has 3 N–H and O–H groups in total. The van der Waals surface area contributed by atoms with Gasteiger partial charge in [0.1, 0.15) is 5.03 Å². The van der Waals surface area contributed by atoms with Gasteiger partial charge in [-0.2, -0.15) is 0 Å². The minimum atomic E-state index is -0.925. The molecule has 2 aromatic rings. The summed E-state index contributed by atoms with van der Waals surface area (Å²) in [5, 5.41) is 32.7. The van der Waals surface area contributed by atoms with E-state index in [4.69, 9.17) is 5.11 Å². The molecule has 1 aromatic carbocycles. The molecule has 1 unspecified atom stereocenters. The van der Waals surface area contributed by atoms with E-state index in [9.17, 15) is 15.2 Å². The van der Waals surface area contributed by atoms with Crippen LogP contribution >= 0.6 is 11.8 Å². The van der Waals surface area contributed by atoms with Crippen LogP contribution in [-0.4, -0.2) is 39.4 Å². The minimum Gasteiger partial charge on any atom is -0.394 e. The summed E-state index contributed by atoms with van der Waals surface area (Å²) in [7, 11) is 0. The molecule has 0 saturated carbocycles. The highest BCUT2D eigenvalue weighted by atomic mass is 32.2. The zero-order chi connectivity index (χ0) is 15.9. The van der Waals surface area contributed by atoms with Gasteiger partial charge in [0.2, 0.25) is 0 Å². The number of aliphatic hydroxyl groups is 2. The number of aromatic nitrogens is 1. The van der Waals surface area contributed by atoms with E-state index in [2.05, 4.69) is 10.3 Å². The smallest absolute Gasteiger partial charge is 0.272 e. The number of anilines is 1. The van der Waals surface area contributed by atoms with Crippen molar-refractivity contribution in [2.24, 2.45) is 0 Å². The summed E-state index contributed by atoms with van der Waals surface area (Å²) in [5.41, 5.74) is 0.446. The fraction of sp³-hybridized carbons (Fsp3) is 0.214. The molecule has 0 bridgehead atoms. The highest BCUT2D eigenvalue weighted by Crippen LogP contribution is 2.31. The minimum absolute atomic E-state index is 0.0538. The fourth-order valence-electron chi connectivity index (χ4n) is 1.68. The van der Waals surface area contributed by atoms with Gasteiger partial charge in [0.05, 0.1) is 17.6 Å². The molecule has 22 heavy (non-hydrogen) atoms. The molecule has 1 atom stereocenters. The standard InChI is InChI=1S/C14H15N3O4S/c18-9-12(19)8-16-10-5-11(17(20)21)7-13(6-10)22-14-3-1-2-4-15-14/h1-7,12,16,18-19H,8-9H2. The van der Waals surface area contributed by atoms with Crippen LogP contribution in [0.4, 0.5) is 11.4 Å². The summed E-state index contributed by atoms with van der Waals surface area (Å²) in [5.74, 6) is 0. The molecule has 0 radical (unpaired) electrons. The van der Waals surface area contributed by atoms with Crippen molar-refractivity contribution in [1.29, 1.82) is 0 Å². The number of nitro groups is 1. The van der Waals surface area contributed by atoms with Crippen LogP contribution < -0.4 is 5.32 Å². The normalized spacial score (nSPS) is 11.9. The van der Waals surface area contributed by atoms with Crippen LogP contribution in [0.3, 0.4) is 0 Å². The molecule has 0 aliphatic rings. The van der Waals surface area contributed by atoms with E-state index < -0.39 is 11.0 Å². The van der Waals surface area contributed by atoms with Gasteiger partial charge in [-0.15, -0.1) is 0 Å². The average Bonchev–Trinajstić information content (AvgIpc) is 2.53. The van der Waals surface area contributed by atoms with Crippen molar-refractivity contribution in [1.82, 2.24) is 4.98 Å². The third-order valence-electron chi connectivity index (χ3n) is 2.71. The van der Waals surface area contributed by atoms with Gasteiger partial charge in [-0.3, -0.25) is 10.1 Å².